The normalized spacial score (nSPS) is 24.8. The van der Waals surface area contributed by atoms with Crippen LogP contribution in [0.1, 0.15) is 52.4 Å². The van der Waals surface area contributed by atoms with Gasteiger partial charge >= 0.3 is 5.97 Å². The number of hydrogen-bond donors (Lipinski definition) is 0. The zero-order chi connectivity index (χ0) is 12.0. The van der Waals surface area contributed by atoms with Crippen LogP contribution in [0, 0.1) is 11.8 Å². The summed E-state index contributed by atoms with van der Waals surface area (Å²) < 4.78 is 4.97. The van der Waals surface area contributed by atoms with E-state index in [0.717, 1.165) is 19.3 Å². The topological polar surface area (TPSA) is 43.4 Å². The first-order chi connectivity index (χ1) is 7.70. The van der Waals surface area contributed by atoms with Crippen molar-refractivity contribution in [3.05, 3.63) is 0 Å². The Hall–Kier alpha value is -0.860. The van der Waals surface area contributed by atoms with Crippen molar-refractivity contribution >= 4 is 11.8 Å². The molecule has 1 fully saturated rings. The second-order valence-corrected chi connectivity index (χ2v) is 4.49. The minimum absolute atomic E-state index is 0.0833. The molecule has 1 aliphatic carbocycles. The largest absolute Gasteiger partial charge is 0.465 e. The van der Waals surface area contributed by atoms with Crippen molar-refractivity contribution in [2.24, 2.45) is 11.8 Å². The average molecular weight is 226 g/mol. The van der Waals surface area contributed by atoms with Gasteiger partial charge < -0.3 is 4.74 Å². The lowest BCUT2D eigenvalue weighted by atomic mass is 9.90. The first-order valence-corrected chi connectivity index (χ1v) is 6.40. The Morgan fingerprint density at radius 3 is 2.75 bits per heavy atom. The highest BCUT2D eigenvalue weighted by Crippen LogP contribution is 2.33. The van der Waals surface area contributed by atoms with Crippen LogP contribution in [0.2, 0.25) is 0 Å². The molecule has 0 aromatic carbocycles. The van der Waals surface area contributed by atoms with Crippen LogP contribution < -0.4 is 0 Å². The third-order valence-electron chi connectivity index (χ3n) is 3.30. The van der Waals surface area contributed by atoms with Crippen LogP contribution in [0.5, 0.6) is 0 Å². The first kappa shape index (κ1) is 13.2. The van der Waals surface area contributed by atoms with Gasteiger partial charge in [-0.1, -0.05) is 26.2 Å². The quantitative estimate of drug-likeness (QED) is 0.397. The Kier molecular flexibility index (Phi) is 5.50. The van der Waals surface area contributed by atoms with Gasteiger partial charge in [0.25, 0.3) is 0 Å². The van der Waals surface area contributed by atoms with Gasteiger partial charge in [0.05, 0.1) is 6.61 Å². The monoisotopic (exact) mass is 226 g/mol. The van der Waals surface area contributed by atoms with Gasteiger partial charge in [-0.25, -0.2) is 0 Å². The molecule has 2 unspecified atom stereocenters. The lowest BCUT2D eigenvalue weighted by Gasteiger charge is -2.16. The number of rotatable bonds is 6. The third-order valence-corrected chi connectivity index (χ3v) is 3.30. The lowest BCUT2D eigenvalue weighted by molar-refractivity contribution is -0.152. The Morgan fingerprint density at radius 1 is 1.38 bits per heavy atom. The van der Waals surface area contributed by atoms with Gasteiger partial charge in [0.2, 0.25) is 0 Å². The Bertz CT molecular complexity index is 248. The van der Waals surface area contributed by atoms with Crippen molar-refractivity contribution in [3.8, 4) is 0 Å². The fraction of sp³-hybridized carbons (Fsp3) is 0.846. The summed E-state index contributed by atoms with van der Waals surface area (Å²) in [5, 5.41) is 0. The summed E-state index contributed by atoms with van der Waals surface area (Å²) in [4.78, 5) is 23.3. The van der Waals surface area contributed by atoms with E-state index in [9.17, 15) is 9.59 Å². The van der Waals surface area contributed by atoms with Gasteiger partial charge in [0, 0.05) is 6.42 Å². The van der Waals surface area contributed by atoms with E-state index in [-0.39, 0.29) is 17.7 Å². The summed E-state index contributed by atoms with van der Waals surface area (Å²) in [5.41, 5.74) is 0. The van der Waals surface area contributed by atoms with E-state index in [1.54, 1.807) is 6.92 Å². The van der Waals surface area contributed by atoms with Crippen molar-refractivity contribution < 1.29 is 14.3 Å². The smallest absolute Gasteiger partial charge is 0.316 e. The molecule has 0 amide bonds. The summed E-state index contributed by atoms with van der Waals surface area (Å²) in [7, 11) is 0. The van der Waals surface area contributed by atoms with Crippen LogP contribution in [0.3, 0.4) is 0 Å². The molecule has 0 N–H and O–H groups in total. The van der Waals surface area contributed by atoms with Crippen LogP contribution in [0.4, 0.5) is 0 Å². The summed E-state index contributed by atoms with van der Waals surface area (Å²) in [6.45, 7) is 4.30. The van der Waals surface area contributed by atoms with E-state index in [0.29, 0.717) is 13.0 Å². The van der Waals surface area contributed by atoms with Gasteiger partial charge in [0.15, 0.2) is 0 Å². The number of unbranched alkanes of at least 4 members (excludes halogenated alkanes) is 2. The summed E-state index contributed by atoms with van der Waals surface area (Å²) in [6, 6.07) is 0. The van der Waals surface area contributed by atoms with Gasteiger partial charge in [-0.2, -0.15) is 0 Å². The molecule has 0 aromatic rings. The highest BCUT2D eigenvalue weighted by Gasteiger charge is 2.40. The maximum absolute atomic E-state index is 11.7. The van der Waals surface area contributed by atoms with Crippen LogP contribution in [-0.4, -0.2) is 18.4 Å². The standard InChI is InChI=1S/C13H22O3/c1-3-5-6-7-10-8-9-11(14)12(10)13(15)16-4-2/h10,12H,3-9H2,1-2H3. The number of carbonyl (C=O) groups excluding carboxylic acids is 2. The SMILES string of the molecule is CCCCCC1CCC(=O)C1C(=O)OCC. The first-order valence-electron chi connectivity index (χ1n) is 6.40. The Labute approximate surface area is 97.5 Å². The molecule has 0 heterocycles. The molecule has 16 heavy (non-hydrogen) atoms. The second-order valence-electron chi connectivity index (χ2n) is 4.49. The molecule has 0 spiro atoms. The molecule has 1 rings (SSSR count). The van der Waals surface area contributed by atoms with E-state index in [1.165, 1.54) is 12.8 Å². The van der Waals surface area contributed by atoms with Gasteiger partial charge in [-0.3, -0.25) is 9.59 Å². The van der Waals surface area contributed by atoms with Crippen LogP contribution in [-0.2, 0) is 14.3 Å². The van der Waals surface area contributed by atoms with E-state index in [1.807, 2.05) is 0 Å². The number of ketones is 1. The second kappa shape index (κ2) is 6.66. The predicted molar refractivity (Wildman–Crippen MR) is 62.0 cm³/mol. The minimum atomic E-state index is -0.461. The molecule has 0 radical (unpaired) electrons. The van der Waals surface area contributed by atoms with Crippen molar-refractivity contribution in [3.63, 3.8) is 0 Å². The number of Topliss-reactive ketones (excluding diaryl/α,β-unsaturated/α-hetero) is 1. The van der Waals surface area contributed by atoms with Crippen molar-refractivity contribution in [2.75, 3.05) is 6.61 Å². The average Bonchev–Trinajstić information content (AvgIpc) is 2.61. The zero-order valence-electron chi connectivity index (χ0n) is 10.3. The van der Waals surface area contributed by atoms with Gasteiger partial charge in [-0.05, 0) is 25.7 Å². The number of esters is 1. The molecular weight excluding hydrogens is 204 g/mol. The highest BCUT2D eigenvalue weighted by atomic mass is 16.5. The van der Waals surface area contributed by atoms with Crippen LogP contribution in [0.25, 0.3) is 0 Å². The molecular formula is C13H22O3. The number of carbonyl (C=O) groups is 2. The maximum Gasteiger partial charge on any atom is 0.316 e. The highest BCUT2D eigenvalue weighted by molar-refractivity contribution is 6.00. The van der Waals surface area contributed by atoms with E-state index < -0.39 is 5.92 Å². The fourth-order valence-electron chi connectivity index (χ4n) is 2.44. The Morgan fingerprint density at radius 2 is 2.12 bits per heavy atom. The minimum Gasteiger partial charge on any atom is -0.465 e. The van der Waals surface area contributed by atoms with Crippen LogP contribution in [0.15, 0.2) is 0 Å². The van der Waals surface area contributed by atoms with Crippen molar-refractivity contribution in [1.29, 1.82) is 0 Å². The van der Waals surface area contributed by atoms with Crippen molar-refractivity contribution in [1.82, 2.24) is 0 Å². The lowest BCUT2D eigenvalue weighted by Crippen LogP contribution is -2.27. The number of hydrogen-bond acceptors (Lipinski definition) is 3. The molecule has 3 nitrogen and oxygen atoms in total. The van der Waals surface area contributed by atoms with Gasteiger partial charge in [-0.15, -0.1) is 0 Å². The molecule has 0 saturated heterocycles. The number of ether oxygens (including phenoxy) is 1. The summed E-state index contributed by atoms with van der Waals surface area (Å²) in [6.07, 6.45) is 5.88. The van der Waals surface area contributed by atoms with E-state index in [2.05, 4.69) is 6.92 Å². The molecule has 1 aliphatic rings. The summed E-state index contributed by atoms with van der Waals surface area (Å²) >= 11 is 0. The van der Waals surface area contributed by atoms with E-state index >= 15 is 0 Å². The predicted octanol–water partition coefficient (Wildman–Crippen LogP) is 2.73. The molecule has 3 heteroatoms. The molecule has 2 atom stereocenters. The van der Waals surface area contributed by atoms with Crippen molar-refractivity contribution in [2.45, 2.75) is 52.4 Å². The molecule has 0 bridgehead atoms. The third kappa shape index (κ3) is 3.32. The fourth-order valence-corrected chi connectivity index (χ4v) is 2.44. The molecule has 1 saturated carbocycles. The zero-order valence-corrected chi connectivity index (χ0v) is 10.3. The molecule has 0 aromatic heterocycles. The van der Waals surface area contributed by atoms with E-state index in [4.69, 9.17) is 4.74 Å². The van der Waals surface area contributed by atoms with Crippen LogP contribution >= 0.6 is 0 Å². The maximum atomic E-state index is 11.7. The molecule has 0 aliphatic heterocycles. The van der Waals surface area contributed by atoms with Gasteiger partial charge in [0.1, 0.15) is 11.7 Å². The molecule has 92 valence electrons. The summed E-state index contributed by atoms with van der Waals surface area (Å²) in [5.74, 6) is -0.443. The Balaban J connectivity index is 2.49.